The summed E-state index contributed by atoms with van der Waals surface area (Å²) < 4.78 is 33.0. The van der Waals surface area contributed by atoms with Gasteiger partial charge in [-0.3, -0.25) is 18.6 Å². The van der Waals surface area contributed by atoms with E-state index in [1.165, 1.54) is 231 Å². The van der Waals surface area contributed by atoms with Gasteiger partial charge in [0.2, 0.25) is 0 Å². The van der Waals surface area contributed by atoms with Crippen molar-refractivity contribution in [2.24, 2.45) is 0 Å². The smallest absolute Gasteiger partial charge is 0.462 e. The summed E-state index contributed by atoms with van der Waals surface area (Å²) in [6.07, 6.45) is 53.7. The van der Waals surface area contributed by atoms with Crippen LogP contribution in [-0.2, 0) is 32.7 Å². The van der Waals surface area contributed by atoms with Gasteiger partial charge in [0, 0.05) is 12.8 Å². The summed E-state index contributed by atoms with van der Waals surface area (Å²) in [6, 6.07) is 0. The minimum atomic E-state index is -4.62. The molecule has 0 aliphatic carbocycles. The van der Waals surface area contributed by atoms with Gasteiger partial charge in [-0.15, -0.1) is 0 Å². The molecule has 3 N–H and O–H groups in total. The average molecular weight is 961 g/mol. The second kappa shape index (κ2) is 51.8. The van der Waals surface area contributed by atoms with Crippen molar-refractivity contribution in [2.45, 2.75) is 315 Å². The highest BCUT2D eigenvalue weighted by atomic mass is 31.2. The summed E-state index contributed by atoms with van der Waals surface area (Å²) in [5.74, 6) is -0.899. The first-order valence-corrected chi connectivity index (χ1v) is 30.0. The van der Waals surface area contributed by atoms with Gasteiger partial charge in [-0.05, 0) is 12.8 Å². The maximum atomic E-state index is 12.7. The van der Waals surface area contributed by atoms with E-state index >= 15 is 0 Å². The van der Waals surface area contributed by atoms with E-state index in [2.05, 4.69) is 13.8 Å². The van der Waals surface area contributed by atoms with Crippen LogP contribution in [0.5, 0.6) is 0 Å². The molecule has 0 amide bonds. The number of rotatable bonds is 55. The zero-order chi connectivity index (χ0) is 48.3. The summed E-state index contributed by atoms with van der Waals surface area (Å²) in [5, 5.41) is 18.4. The predicted molar refractivity (Wildman–Crippen MR) is 275 cm³/mol. The van der Waals surface area contributed by atoms with E-state index in [-0.39, 0.29) is 19.4 Å². The number of esters is 2. The fourth-order valence-electron chi connectivity index (χ4n) is 8.65. The standard InChI is InChI=1S/C55H109O10P/c1-3-5-7-9-11-13-15-17-19-21-23-24-25-26-27-29-31-33-35-37-39-41-43-45-47-55(59)65-53(51-64-66(60,61)63-49-52(57)48-56)50-62-54(58)46-44-42-40-38-36-34-32-30-28-22-20-18-16-14-12-10-8-6-4-2/h52-53,56-57H,3-51H2,1-2H3,(H,60,61). The van der Waals surface area contributed by atoms with E-state index < -0.39 is 51.8 Å². The largest absolute Gasteiger partial charge is 0.472 e. The molecular formula is C55H109O10P. The van der Waals surface area contributed by atoms with E-state index in [4.69, 9.17) is 23.6 Å². The number of ether oxygens (including phenoxy) is 2. The Balaban J connectivity index is 4.04. The van der Waals surface area contributed by atoms with E-state index in [1.54, 1.807) is 0 Å². The third-order valence-corrected chi connectivity index (χ3v) is 14.0. The lowest BCUT2D eigenvalue weighted by molar-refractivity contribution is -0.161. The molecule has 3 atom stereocenters. The molecule has 0 saturated heterocycles. The van der Waals surface area contributed by atoms with Gasteiger partial charge < -0.3 is 24.6 Å². The van der Waals surface area contributed by atoms with Gasteiger partial charge in [0.1, 0.15) is 12.7 Å². The molecule has 0 rings (SSSR count). The van der Waals surface area contributed by atoms with Crippen molar-refractivity contribution in [3.63, 3.8) is 0 Å². The van der Waals surface area contributed by atoms with Crippen molar-refractivity contribution in [1.29, 1.82) is 0 Å². The van der Waals surface area contributed by atoms with Gasteiger partial charge in [0.25, 0.3) is 0 Å². The molecule has 0 radical (unpaired) electrons. The lowest BCUT2D eigenvalue weighted by Crippen LogP contribution is -2.29. The maximum Gasteiger partial charge on any atom is 0.472 e. The van der Waals surface area contributed by atoms with Crippen LogP contribution in [0.4, 0.5) is 0 Å². The van der Waals surface area contributed by atoms with Crippen molar-refractivity contribution in [2.75, 3.05) is 26.4 Å². The number of hydrogen-bond acceptors (Lipinski definition) is 9. The van der Waals surface area contributed by atoms with Gasteiger partial charge in [-0.2, -0.15) is 0 Å². The van der Waals surface area contributed by atoms with Crippen LogP contribution in [0, 0.1) is 0 Å². The zero-order valence-corrected chi connectivity index (χ0v) is 44.3. The predicted octanol–water partition coefficient (Wildman–Crippen LogP) is 16.5. The molecule has 0 aromatic carbocycles. The second-order valence-corrected chi connectivity index (χ2v) is 21.1. The number of phosphoric acid groups is 1. The quantitative estimate of drug-likeness (QED) is 0.0305. The molecule has 0 heterocycles. The molecule has 0 aliphatic heterocycles. The number of hydrogen-bond donors (Lipinski definition) is 3. The summed E-state index contributed by atoms with van der Waals surface area (Å²) in [4.78, 5) is 35.3. The van der Waals surface area contributed by atoms with Crippen molar-refractivity contribution in [1.82, 2.24) is 0 Å². The van der Waals surface area contributed by atoms with Gasteiger partial charge in [-0.1, -0.05) is 277 Å². The molecule has 10 nitrogen and oxygen atoms in total. The zero-order valence-electron chi connectivity index (χ0n) is 43.4. The van der Waals surface area contributed by atoms with Crippen molar-refractivity contribution in [3.05, 3.63) is 0 Å². The number of aliphatic hydroxyl groups is 2. The third kappa shape index (κ3) is 50.8. The fraction of sp³-hybridized carbons (Fsp3) is 0.964. The Kier molecular flexibility index (Phi) is 51.0. The topological polar surface area (TPSA) is 149 Å². The molecule has 66 heavy (non-hydrogen) atoms. The first kappa shape index (κ1) is 65.0. The van der Waals surface area contributed by atoms with E-state index in [0.717, 1.165) is 32.1 Å². The van der Waals surface area contributed by atoms with E-state index in [0.29, 0.717) is 12.8 Å². The van der Waals surface area contributed by atoms with E-state index in [9.17, 15) is 24.2 Å². The Labute approximate surface area is 407 Å². The highest BCUT2D eigenvalue weighted by molar-refractivity contribution is 7.47. The van der Waals surface area contributed by atoms with Gasteiger partial charge in [0.15, 0.2) is 6.10 Å². The Morgan fingerprint density at radius 3 is 0.939 bits per heavy atom. The van der Waals surface area contributed by atoms with Crippen LogP contribution in [0.25, 0.3) is 0 Å². The summed E-state index contributed by atoms with van der Waals surface area (Å²) >= 11 is 0. The molecular weight excluding hydrogens is 852 g/mol. The van der Waals surface area contributed by atoms with Gasteiger partial charge >= 0.3 is 19.8 Å². The highest BCUT2D eigenvalue weighted by Gasteiger charge is 2.27. The number of aliphatic hydroxyl groups excluding tert-OH is 2. The van der Waals surface area contributed by atoms with Gasteiger partial charge in [-0.25, -0.2) is 4.57 Å². The van der Waals surface area contributed by atoms with Crippen LogP contribution in [0.1, 0.15) is 303 Å². The second-order valence-electron chi connectivity index (χ2n) is 19.7. The molecule has 0 spiro atoms. The summed E-state index contributed by atoms with van der Waals surface area (Å²) in [5.41, 5.74) is 0. The number of carbonyl (C=O) groups excluding carboxylic acids is 2. The molecule has 0 aromatic heterocycles. The lowest BCUT2D eigenvalue weighted by Gasteiger charge is -2.20. The number of unbranched alkanes of at least 4 members (excludes halogenated alkanes) is 41. The Morgan fingerprint density at radius 1 is 0.394 bits per heavy atom. The Bertz CT molecular complexity index is 1060. The Hall–Kier alpha value is -1.03. The van der Waals surface area contributed by atoms with E-state index in [1.807, 2.05) is 0 Å². The minimum Gasteiger partial charge on any atom is -0.462 e. The average Bonchev–Trinajstić information content (AvgIpc) is 3.31. The SMILES string of the molecule is CCCCCCCCCCCCCCCCCCCCCCCCCCC(=O)OC(COC(=O)CCCCCCCCCCCCCCCCCCCCC)COP(=O)(O)OCC(O)CO. The van der Waals surface area contributed by atoms with Crippen molar-refractivity contribution in [3.8, 4) is 0 Å². The van der Waals surface area contributed by atoms with Crippen LogP contribution in [-0.4, -0.2) is 65.7 Å². The summed E-state index contributed by atoms with van der Waals surface area (Å²) in [6.45, 7) is 2.47. The van der Waals surface area contributed by atoms with Crippen LogP contribution >= 0.6 is 7.82 Å². The van der Waals surface area contributed by atoms with Crippen LogP contribution in [0.15, 0.2) is 0 Å². The third-order valence-electron chi connectivity index (χ3n) is 13.0. The first-order chi connectivity index (χ1) is 32.2. The number of phosphoric ester groups is 1. The van der Waals surface area contributed by atoms with Crippen LogP contribution in [0.3, 0.4) is 0 Å². The van der Waals surface area contributed by atoms with Crippen molar-refractivity contribution >= 4 is 19.8 Å². The van der Waals surface area contributed by atoms with Crippen molar-refractivity contribution < 1.29 is 47.8 Å². The molecule has 0 bridgehead atoms. The molecule has 0 aliphatic rings. The molecule has 0 aromatic rings. The molecule has 0 fully saturated rings. The highest BCUT2D eigenvalue weighted by Crippen LogP contribution is 2.43. The molecule has 3 unspecified atom stereocenters. The minimum absolute atomic E-state index is 0.193. The first-order valence-electron chi connectivity index (χ1n) is 28.5. The monoisotopic (exact) mass is 961 g/mol. The van der Waals surface area contributed by atoms with Gasteiger partial charge in [0.05, 0.1) is 19.8 Å². The van der Waals surface area contributed by atoms with Crippen LogP contribution < -0.4 is 0 Å². The maximum absolute atomic E-state index is 12.7. The molecule has 394 valence electrons. The normalized spacial score (nSPS) is 13.5. The lowest BCUT2D eigenvalue weighted by atomic mass is 10.0. The van der Waals surface area contributed by atoms with Crippen LogP contribution in [0.2, 0.25) is 0 Å². The molecule has 0 saturated carbocycles. The molecule has 11 heteroatoms. The number of carbonyl (C=O) groups is 2. The summed E-state index contributed by atoms with van der Waals surface area (Å²) in [7, 11) is -4.62. The Morgan fingerprint density at radius 2 is 0.652 bits per heavy atom. The fourth-order valence-corrected chi connectivity index (χ4v) is 9.44.